The molecule has 0 spiro atoms. The van der Waals surface area contributed by atoms with Gasteiger partial charge in [-0.1, -0.05) is 38.9 Å². The van der Waals surface area contributed by atoms with Crippen LogP contribution in [-0.2, 0) is 11.3 Å². The summed E-state index contributed by atoms with van der Waals surface area (Å²) in [5.41, 5.74) is 5.18. The van der Waals surface area contributed by atoms with Crippen LogP contribution in [0.2, 0.25) is 0 Å². The highest BCUT2D eigenvalue weighted by molar-refractivity contribution is 9.10. The normalized spacial score (nSPS) is 11.3. The number of amides is 1. The molecule has 0 aliphatic heterocycles. The number of nitrogens with one attached hydrogen (secondary N) is 1. The molecule has 0 aliphatic carbocycles. The van der Waals surface area contributed by atoms with E-state index in [-0.39, 0.29) is 5.91 Å². The Morgan fingerprint density at radius 1 is 1.45 bits per heavy atom. The summed E-state index contributed by atoms with van der Waals surface area (Å²) >= 11 is 10.3. The van der Waals surface area contributed by atoms with Crippen LogP contribution in [0.3, 0.4) is 0 Å². The van der Waals surface area contributed by atoms with Crippen LogP contribution in [0, 0.1) is 5.41 Å². The summed E-state index contributed by atoms with van der Waals surface area (Å²) in [6, 6.07) is 1.98. The molecule has 20 heavy (non-hydrogen) atoms. The molecule has 0 bridgehead atoms. The molecular formula is C14H21BrN2OS2. The van der Waals surface area contributed by atoms with E-state index in [0.717, 1.165) is 22.2 Å². The second kappa shape index (κ2) is 8.10. The van der Waals surface area contributed by atoms with Gasteiger partial charge < -0.3 is 11.1 Å². The van der Waals surface area contributed by atoms with Crippen LogP contribution in [-0.4, -0.2) is 10.9 Å². The Bertz CT molecular complexity index is 467. The van der Waals surface area contributed by atoms with Crippen LogP contribution in [0.5, 0.6) is 0 Å². The van der Waals surface area contributed by atoms with Gasteiger partial charge in [0.2, 0.25) is 5.91 Å². The number of hydrogen-bond acceptors (Lipinski definition) is 3. The molecule has 6 heteroatoms. The fourth-order valence-corrected chi connectivity index (χ4v) is 4.07. The van der Waals surface area contributed by atoms with E-state index in [0.29, 0.717) is 24.4 Å². The Morgan fingerprint density at radius 3 is 2.45 bits per heavy atom. The third-order valence-electron chi connectivity index (χ3n) is 3.36. The predicted octanol–water partition coefficient (Wildman–Crippen LogP) is 4.00. The van der Waals surface area contributed by atoms with Gasteiger partial charge in [0.05, 0.1) is 16.9 Å². The van der Waals surface area contributed by atoms with Gasteiger partial charge in [-0.25, -0.2) is 0 Å². The highest BCUT2D eigenvalue weighted by Crippen LogP contribution is 2.31. The molecule has 1 heterocycles. The van der Waals surface area contributed by atoms with Crippen molar-refractivity contribution in [2.24, 2.45) is 11.1 Å². The maximum absolute atomic E-state index is 12.6. The first-order valence-electron chi connectivity index (χ1n) is 6.78. The van der Waals surface area contributed by atoms with E-state index in [1.54, 1.807) is 11.3 Å². The average molecular weight is 377 g/mol. The molecule has 1 aromatic rings. The van der Waals surface area contributed by atoms with Crippen molar-refractivity contribution >= 4 is 50.4 Å². The topological polar surface area (TPSA) is 55.1 Å². The van der Waals surface area contributed by atoms with E-state index in [1.165, 1.54) is 0 Å². The number of thiophene rings is 1. The third-order valence-corrected chi connectivity index (χ3v) is 5.68. The Balaban J connectivity index is 2.82. The molecule has 0 saturated carbocycles. The van der Waals surface area contributed by atoms with Crippen LogP contribution in [0.25, 0.3) is 0 Å². The highest BCUT2D eigenvalue weighted by atomic mass is 79.9. The fourth-order valence-electron chi connectivity index (χ4n) is 2.34. The first-order chi connectivity index (χ1) is 9.47. The summed E-state index contributed by atoms with van der Waals surface area (Å²) in [5, 5.41) is 4.98. The van der Waals surface area contributed by atoms with E-state index in [2.05, 4.69) is 21.2 Å². The summed E-state index contributed by atoms with van der Waals surface area (Å²) < 4.78 is 1.02. The van der Waals surface area contributed by atoms with E-state index in [4.69, 9.17) is 18.0 Å². The lowest BCUT2D eigenvalue weighted by molar-refractivity contribution is -0.128. The quantitative estimate of drug-likeness (QED) is 0.674. The molecule has 3 nitrogen and oxygen atoms in total. The van der Waals surface area contributed by atoms with Crippen LogP contribution in [0.15, 0.2) is 15.9 Å². The molecule has 1 rings (SSSR count). The van der Waals surface area contributed by atoms with Gasteiger partial charge in [0, 0.05) is 9.35 Å². The predicted molar refractivity (Wildman–Crippen MR) is 92.9 cm³/mol. The van der Waals surface area contributed by atoms with Crippen LogP contribution in [0.1, 0.15) is 44.4 Å². The van der Waals surface area contributed by atoms with Gasteiger partial charge >= 0.3 is 0 Å². The lowest BCUT2D eigenvalue weighted by Gasteiger charge is -2.31. The van der Waals surface area contributed by atoms with Crippen molar-refractivity contribution in [3.8, 4) is 0 Å². The highest BCUT2D eigenvalue weighted by Gasteiger charge is 2.39. The van der Waals surface area contributed by atoms with Gasteiger partial charge in [-0.15, -0.1) is 11.3 Å². The van der Waals surface area contributed by atoms with Gasteiger partial charge in [0.1, 0.15) is 0 Å². The Hall–Kier alpha value is -0.460. The number of nitrogens with two attached hydrogens (primary N) is 1. The van der Waals surface area contributed by atoms with Gasteiger partial charge in [0.15, 0.2) is 0 Å². The fraction of sp³-hybridized carbons (Fsp3) is 0.571. The zero-order chi connectivity index (χ0) is 15.2. The van der Waals surface area contributed by atoms with Crippen molar-refractivity contribution in [1.29, 1.82) is 0 Å². The average Bonchev–Trinajstić information content (AvgIpc) is 2.80. The number of thiocarbonyl (C=S) groups is 1. The van der Waals surface area contributed by atoms with E-state index in [1.807, 2.05) is 25.3 Å². The number of hydrogen-bond donors (Lipinski definition) is 2. The first-order valence-corrected chi connectivity index (χ1v) is 8.86. The van der Waals surface area contributed by atoms with Crippen molar-refractivity contribution in [2.45, 2.75) is 46.1 Å². The van der Waals surface area contributed by atoms with Crippen molar-refractivity contribution in [3.05, 3.63) is 20.8 Å². The molecule has 0 atom stereocenters. The molecule has 0 fully saturated rings. The van der Waals surface area contributed by atoms with Crippen LogP contribution in [0.4, 0.5) is 0 Å². The number of halogens is 1. The summed E-state index contributed by atoms with van der Waals surface area (Å²) in [5.74, 6) is -0.0472. The third kappa shape index (κ3) is 4.02. The molecule has 0 unspecified atom stereocenters. The molecule has 3 N–H and O–H groups in total. The largest absolute Gasteiger partial charge is 0.392 e. The van der Waals surface area contributed by atoms with Crippen LogP contribution >= 0.6 is 39.5 Å². The first kappa shape index (κ1) is 17.6. The number of carbonyl (C=O) groups is 1. The minimum atomic E-state index is -0.706. The second-order valence-electron chi connectivity index (χ2n) is 4.82. The SMILES string of the molecule is CCCC(CCC)(C(=O)NCc1sccc1Br)C(N)=S. The monoisotopic (exact) mass is 376 g/mol. The second-order valence-corrected chi connectivity index (χ2v) is 7.12. The van der Waals surface area contributed by atoms with Gasteiger partial charge in [-0.05, 0) is 40.2 Å². The summed E-state index contributed by atoms with van der Waals surface area (Å²) in [4.78, 5) is 14.0. The number of carbonyl (C=O) groups excluding carboxylic acids is 1. The molecular weight excluding hydrogens is 356 g/mol. The zero-order valence-corrected chi connectivity index (χ0v) is 15.1. The molecule has 112 valence electrons. The van der Waals surface area contributed by atoms with Crippen molar-refractivity contribution < 1.29 is 4.79 Å². The molecule has 1 aromatic heterocycles. The van der Waals surface area contributed by atoms with Gasteiger partial charge in [0.25, 0.3) is 0 Å². The maximum atomic E-state index is 12.6. The molecule has 0 aliphatic rings. The van der Waals surface area contributed by atoms with E-state index < -0.39 is 5.41 Å². The minimum absolute atomic E-state index is 0.0472. The van der Waals surface area contributed by atoms with E-state index >= 15 is 0 Å². The van der Waals surface area contributed by atoms with Gasteiger partial charge in [-0.3, -0.25) is 4.79 Å². The van der Waals surface area contributed by atoms with Gasteiger partial charge in [-0.2, -0.15) is 0 Å². The summed E-state index contributed by atoms with van der Waals surface area (Å²) in [7, 11) is 0. The van der Waals surface area contributed by atoms with Crippen molar-refractivity contribution in [3.63, 3.8) is 0 Å². The van der Waals surface area contributed by atoms with Crippen LogP contribution < -0.4 is 11.1 Å². The van der Waals surface area contributed by atoms with Crippen molar-refractivity contribution in [1.82, 2.24) is 5.32 Å². The Labute approximate surface area is 138 Å². The van der Waals surface area contributed by atoms with Crippen molar-refractivity contribution in [2.75, 3.05) is 0 Å². The summed E-state index contributed by atoms with van der Waals surface area (Å²) in [6.45, 7) is 4.60. The molecule has 0 aromatic carbocycles. The maximum Gasteiger partial charge on any atom is 0.233 e. The smallest absolute Gasteiger partial charge is 0.233 e. The summed E-state index contributed by atoms with van der Waals surface area (Å²) in [6.07, 6.45) is 3.17. The van der Waals surface area contributed by atoms with E-state index in [9.17, 15) is 4.79 Å². The Morgan fingerprint density at radius 2 is 2.05 bits per heavy atom. The molecule has 0 radical (unpaired) electrons. The lowest BCUT2D eigenvalue weighted by atomic mass is 9.78. The lowest BCUT2D eigenvalue weighted by Crippen LogP contribution is -2.48. The molecule has 1 amide bonds. The Kier molecular flexibility index (Phi) is 7.12. The zero-order valence-electron chi connectivity index (χ0n) is 11.9. The standard InChI is InChI=1S/C14H21BrN2OS2/c1-3-6-14(7-4-2,12(16)19)13(18)17-9-11-10(15)5-8-20-11/h5,8H,3-4,6-7,9H2,1-2H3,(H2,16,19)(H,17,18). The molecule has 0 saturated heterocycles. The minimum Gasteiger partial charge on any atom is -0.392 e. The number of rotatable bonds is 8.